The molecule has 0 unspecified atom stereocenters. The zero-order valence-corrected chi connectivity index (χ0v) is 26.8. The maximum atomic E-state index is 14.2. The van der Waals surface area contributed by atoms with E-state index in [9.17, 15) is 31.5 Å². The van der Waals surface area contributed by atoms with Crippen LogP contribution in [0.2, 0.25) is 0 Å². The van der Waals surface area contributed by atoms with Crippen molar-refractivity contribution in [1.82, 2.24) is 20.1 Å². The van der Waals surface area contributed by atoms with Crippen LogP contribution in [-0.4, -0.2) is 77.5 Å². The Morgan fingerprint density at radius 2 is 1.79 bits per heavy atom. The van der Waals surface area contributed by atoms with Gasteiger partial charge in [-0.15, -0.1) is 11.8 Å². The Balaban J connectivity index is 1.33. The zero-order valence-electron chi connectivity index (χ0n) is 25.9. The lowest BCUT2D eigenvalue weighted by Gasteiger charge is -2.36. The van der Waals surface area contributed by atoms with E-state index < -0.39 is 35.7 Å². The summed E-state index contributed by atoms with van der Waals surface area (Å²) >= 11 is 1.15. The first-order valence-corrected chi connectivity index (χ1v) is 16.5. The van der Waals surface area contributed by atoms with Gasteiger partial charge in [-0.25, -0.2) is 13.8 Å². The van der Waals surface area contributed by atoms with Gasteiger partial charge in [0.15, 0.2) is 5.82 Å². The van der Waals surface area contributed by atoms with Crippen LogP contribution in [0.4, 0.5) is 33.5 Å². The number of nitrogens with one attached hydrogen (secondary N) is 2. The van der Waals surface area contributed by atoms with Crippen molar-refractivity contribution in [2.24, 2.45) is 0 Å². The second kappa shape index (κ2) is 14.2. The van der Waals surface area contributed by atoms with Crippen molar-refractivity contribution in [2.45, 2.75) is 54.6 Å². The predicted molar refractivity (Wildman–Crippen MR) is 171 cm³/mol. The third-order valence-corrected chi connectivity index (χ3v) is 9.71. The second-order valence-corrected chi connectivity index (χ2v) is 13.0. The smallest absolute Gasteiger partial charge is 0.381 e. The van der Waals surface area contributed by atoms with Gasteiger partial charge < -0.3 is 19.9 Å². The van der Waals surface area contributed by atoms with E-state index in [0.717, 1.165) is 66.4 Å². The molecule has 4 heterocycles. The first kappa shape index (κ1) is 33.8. The molecule has 0 bridgehead atoms. The Labute approximate surface area is 277 Å². The number of anilines is 2. The highest BCUT2D eigenvalue weighted by Gasteiger charge is 2.46. The molecule has 2 amide bonds. The number of carbonyl (C=O) groups excluding carboxylic acids is 2. The lowest BCUT2D eigenvalue weighted by Crippen LogP contribution is -2.50. The van der Waals surface area contributed by atoms with Crippen LogP contribution in [0.3, 0.4) is 0 Å². The molecule has 4 aromatic rings. The molecule has 9 nitrogen and oxygen atoms in total. The molecule has 0 spiro atoms. The fraction of sp³-hybridized carbons (Fsp3) is 0.394. The van der Waals surface area contributed by atoms with Gasteiger partial charge in [-0.05, 0) is 99.8 Å². The highest BCUT2D eigenvalue weighted by atomic mass is 32.2. The molecular formula is C33H33F5N6O3S. The first-order chi connectivity index (χ1) is 23.0. The number of thioether (sulfide) groups is 1. The SMILES string of the molecule is CN1CCC(c2ccc(C(=O)Nc3n[nH]c4ccc(SCc5cc(F)ccc5F)nc34)c(N(C(=O)C(F)(F)F)C3CCOCC3)c2)CC1. The molecule has 2 aliphatic heterocycles. The number of ether oxygens (including phenoxy) is 1. The van der Waals surface area contributed by atoms with Gasteiger partial charge in [0.05, 0.1) is 21.8 Å². The number of likely N-dealkylation sites (tertiary alicyclic amines) is 1. The number of aromatic amines is 1. The lowest BCUT2D eigenvalue weighted by molar-refractivity contribution is -0.171. The summed E-state index contributed by atoms with van der Waals surface area (Å²) < 4.78 is 75.5. The Morgan fingerprint density at radius 1 is 1.04 bits per heavy atom. The van der Waals surface area contributed by atoms with Gasteiger partial charge in [0, 0.05) is 30.6 Å². The van der Waals surface area contributed by atoms with E-state index in [-0.39, 0.29) is 65.9 Å². The van der Waals surface area contributed by atoms with E-state index in [1.165, 1.54) is 6.07 Å². The van der Waals surface area contributed by atoms with Crippen molar-refractivity contribution in [3.05, 3.63) is 76.9 Å². The number of H-pyrrole nitrogens is 1. The second-order valence-electron chi connectivity index (χ2n) is 12.0. The van der Waals surface area contributed by atoms with E-state index in [0.29, 0.717) is 10.5 Å². The van der Waals surface area contributed by atoms with E-state index in [4.69, 9.17) is 4.74 Å². The normalized spacial score (nSPS) is 16.7. The molecule has 2 fully saturated rings. The molecule has 48 heavy (non-hydrogen) atoms. The van der Waals surface area contributed by atoms with Crippen LogP contribution in [0, 0.1) is 11.6 Å². The molecule has 0 aliphatic carbocycles. The summed E-state index contributed by atoms with van der Waals surface area (Å²) in [5, 5.41) is 10.0. The van der Waals surface area contributed by atoms with Crippen LogP contribution >= 0.6 is 11.8 Å². The monoisotopic (exact) mass is 688 g/mol. The largest absolute Gasteiger partial charge is 0.471 e. The van der Waals surface area contributed by atoms with Crippen molar-refractivity contribution in [3.63, 3.8) is 0 Å². The van der Waals surface area contributed by atoms with Crippen LogP contribution in [0.5, 0.6) is 0 Å². The number of amides is 2. The Bertz CT molecular complexity index is 1800. The summed E-state index contributed by atoms with van der Waals surface area (Å²) in [6, 6.07) is 10.4. The molecule has 0 saturated carbocycles. The topological polar surface area (TPSA) is 103 Å². The fourth-order valence-electron chi connectivity index (χ4n) is 6.12. The van der Waals surface area contributed by atoms with Gasteiger partial charge >= 0.3 is 12.1 Å². The molecule has 6 rings (SSSR count). The average Bonchev–Trinajstić information content (AvgIpc) is 3.47. The minimum absolute atomic E-state index is 0.0134. The van der Waals surface area contributed by atoms with Gasteiger partial charge in [0.25, 0.3) is 5.91 Å². The minimum Gasteiger partial charge on any atom is -0.381 e. The van der Waals surface area contributed by atoms with Crippen molar-refractivity contribution in [1.29, 1.82) is 0 Å². The molecule has 2 aromatic heterocycles. The molecule has 15 heteroatoms. The number of rotatable bonds is 8. The van der Waals surface area contributed by atoms with Crippen LogP contribution in [0.1, 0.15) is 53.1 Å². The number of hydrogen-bond donors (Lipinski definition) is 2. The fourth-order valence-corrected chi connectivity index (χ4v) is 6.96. The molecular weight excluding hydrogens is 655 g/mol. The van der Waals surface area contributed by atoms with Crippen molar-refractivity contribution in [3.8, 4) is 0 Å². The Kier molecular flexibility index (Phi) is 9.99. The molecule has 0 radical (unpaired) electrons. The number of pyridine rings is 1. The third-order valence-electron chi connectivity index (χ3n) is 8.73. The van der Waals surface area contributed by atoms with Crippen LogP contribution < -0.4 is 10.2 Å². The van der Waals surface area contributed by atoms with E-state index in [1.54, 1.807) is 24.3 Å². The quantitative estimate of drug-likeness (QED) is 0.158. The van der Waals surface area contributed by atoms with Crippen molar-refractivity contribution in [2.75, 3.05) is 43.6 Å². The van der Waals surface area contributed by atoms with E-state index >= 15 is 0 Å². The average molecular weight is 689 g/mol. The number of carbonyl (C=O) groups is 2. The lowest BCUT2D eigenvalue weighted by atomic mass is 9.88. The summed E-state index contributed by atoms with van der Waals surface area (Å²) in [7, 11) is 2.00. The van der Waals surface area contributed by atoms with Crippen LogP contribution in [0.25, 0.3) is 11.0 Å². The summed E-state index contributed by atoms with van der Waals surface area (Å²) in [5.74, 6) is -3.80. The number of hydrogen-bond acceptors (Lipinski definition) is 7. The Morgan fingerprint density at radius 3 is 2.52 bits per heavy atom. The number of aromatic nitrogens is 3. The number of halogens is 5. The number of alkyl halides is 3. The highest BCUT2D eigenvalue weighted by molar-refractivity contribution is 7.98. The van der Waals surface area contributed by atoms with E-state index in [2.05, 4.69) is 25.4 Å². The minimum atomic E-state index is -5.18. The maximum Gasteiger partial charge on any atom is 0.471 e. The predicted octanol–water partition coefficient (Wildman–Crippen LogP) is 6.66. The standard InChI is InChI=1S/C33H33F5N6O3S/c1-43-12-8-19(9-13-43)20-2-4-24(27(17-20)44(32(46)33(36,37)38)23-10-14-47-15-11-23)31(45)40-30-29-26(41-42-30)6-7-28(39-29)48-18-21-16-22(34)3-5-25(21)35/h2-7,16-17,19,23H,8-15,18H2,1H3,(H2,40,41,42,45). The molecule has 2 aliphatic rings. The molecule has 254 valence electrons. The molecule has 0 atom stereocenters. The summed E-state index contributed by atoms with van der Waals surface area (Å²) in [6.07, 6.45) is -3.27. The number of piperidine rings is 1. The third kappa shape index (κ3) is 7.47. The van der Waals surface area contributed by atoms with Crippen molar-refractivity contribution >= 4 is 46.1 Å². The van der Waals surface area contributed by atoms with Gasteiger partial charge in [-0.2, -0.15) is 18.3 Å². The van der Waals surface area contributed by atoms with Gasteiger partial charge in [-0.1, -0.05) is 6.07 Å². The van der Waals surface area contributed by atoms with Crippen molar-refractivity contribution < 1.29 is 36.3 Å². The highest BCUT2D eigenvalue weighted by Crippen LogP contribution is 2.37. The van der Waals surface area contributed by atoms with E-state index in [1.807, 2.05) is 7.05 Å². The number of fused-ring (bicyclic) bond motifs is 1. The summed E-state index contributed by atoms with van der Waals surface area (Å²) in [5.41, 5.74) is 1.37. The first-order valence-electron chi connectivity index (χ1n) is 15.5. The maximum absolute atomic E-state index is 14.2. The molecule has 2 saturated heterocycles. The van der Waals surface area contributed by atoms with Gasteiger partial charge in [0.1, 0.15) is 17.2 Å². The number of nitrogens with zero attached hydrogens (tertiary/aromatic N) is 4. The number of benzene rings is 2. The summed E-state index contributed by atoms with van der Waals surface area (Å²) in [6.45, 7) is 1.98. The Hall–Kier alpha value is -4.08. The molecule has 2 N–H and O–H groups in total. The molecule has 2 aromatic carbocycles. The van der Waals surface area contributed by atoms with Gasteiger partial charge in [-0.3, -0.25) is 14.7 Å². The van der Waals surface area contributed by atoms with Gasteiger partial charge in [0.2, 0.25) is 0 Å². The zero-order chi connectivity index (χ0) is 34.0. The van der Waals surface area contributed by atoms with Crippen LogP contribution in [0.15, 0.2) is 53.6 Å². The van der Waals surface area contributed by atoms with Crippen LogP contribution in [-0.2, 0) is 15.3 Å². The summed E-state index contributed by atoms with van der Waals surface area (Å²) in [4.78, 5) is 34.4.